The van der Waals surface area contributed by atoms with Crippen molar-refractivity contribution in [3.05, 3.63) is 47.0 Å². The van der Waals surface area contributed by atoms with E-state index < -0.39 is 17.7 Å². The number of halogens is 5. The van der Waals surface area contributed by atoms with Gasteiger partial charge in [-0.05, 0) is 38.1 Å². The summed E-state index contributed by atoms with van der Waals surface area (Å²) in [4.78, 5) is 2.14. The number of benzene rings is 1. The maximum atomic E-state index is 14.1. The Morgan fingerprint density at radius 1 is 1.10 bits per heavy atom. The molecule has 2 aromatic heterocycles. The Labute approximate surface area is 175 Å². The first kappa shape index (κ1) is 20.9. The highest BCUT2D eigenvalue weighted by atomic mass is 35.5. The number of likely N-dealkylation sites (tertiary alicyclic amines) is 1. The van der Waals surface area contributed by atoms with Crippen LogP contribution in [0.2, 0.25) is 5.02 Å². The van der Waals surface area contributed by atoms with Crippen molar-refractivity contribution in [1.29, 1.82) is 0 Å². The molecule has 0 amide bonds. The Morgan fingerprint density at radius 3 is 2.57 bits per heavy atom. The molecule has 1 saturated heterocycles. The van der Waals surface area contributed by atoms with Crippen molar-refractivity contribution in [2.45, 2.75) is 32.0 Å². The lowest BCUT2D eigenvalue weighted by molar-refractivity contribution is -0.143. The number of aromatic nitrogens is 3. The average molecular weight is 443 g/mol. The summed E-state index contributed by atoms with van der Waals surface area (Å²) in [5, 5.41) is 7.75. The number of hydrogen-bond acceptors (Lipinski definition) is 4. The molecule has 0 spiro atoms. The third-order valence-corrected chi connectivity index (χ3v) is 5.49. The fraction of sp³-hybridized carbons (Fsp3) is 0.400. The maximum absolute atomic E-state index is 14.1. The molecule has 3 aromatic rings. The topological polar surface area (TPSA) is 47.1 Å². The number of rotatable bonds is 5. The highest BCUT2D eigenvalue weighted by Crippen LogP contribution is 2.39. The highest BCUT2D eigenvalue weighted by molar-refractivity contribution is 6.33. The summed E-state index contributed by atoms with van der Waals surface area (Å²) in [5.41, 5.74) is -1.17. The zero-order valence-corrected chi connectivity index (χ0v) is 16.7. The quantitative estimate of drug-likeness (QED) is 0.489. The van der Waals surface area contributed by atoms with E-state index in [0.717, 1.165) is 43.2 Å². The van der Waals surface area contributed by atoms with Crippen LogP contribution in [0, 0.1) is 5.82 Å². The number of piperidine rings is 1. The van der Waals surface area contributed by atoms with Gasteiger partial charge in [-0.15, -0.1) is 0 Å². The van der Waals surface area contributed by atoms with Crippen molar-refractivity contribution in [2.24, 2.45) is 0 Å². The monoisotopic (exact) mass is 442 g/mol. The smallest absolute Gasteiger partial charge is 0.356 e. The average Bonchev–Trinajstić information content (AvgIpc) is 3.34. The molecule has 30 heavy (non-hydrogen) atoms. The normalized spacial score (nSPS) is 15.6. The SMILES string of the molecule is Fc1cccc(Cl)c1-c1cc(-c2cnn(CCN3CCCCC3)c2C(F)(F)F)on1. The lowest BCUT2D eigenvalue weighted by Crippen LogP contribution is -2.33. The standard InChI is InChI=1S/C20H19ClF4N4O/c21-14-5-4-6-15(22)18(14)16-11-17(30-27-16)13-12-26-29(19(13)20(23,24)25)10-9-28-7-2-1-3-8-28/h4-6,11-12H,1-3,7-10H2. The van der Waals surface area contributed by atoms with Crippen molar-refractivity contribution >= 4 is 11.6 Å². The fourth-order valence-corrected chi connectivity index (χ4v) is 3.98. The van der Waals surface area contributed by atoms with Gasteiger partial charge < -0.3 is 9.42 Å². The Hall–Kier alpha value is -2.39. The summed E-state index contributed by atoms with van der Waals surface area (Å²) >= 11 is 6.02. The van der Waals surface area contributed by atoms with E-state index in [1.807, 2.05) is 0 Å². The lowest BCUT2D eigenvalue weighted by Gasteiger charge is -2.26. The summed E-state index contributed by atoms with van der Waals surface area (Å²) in [5.74, 6) is -0.795. The molecule has 0 saturated carbocycles. The van der Waals surface area contributed by atoms with Crippen LogP contribution in [-0.4, -0.2) is 39.5 Å². The first-order valence-electron chi connectivity index (χ1n) is 9.61. The molecule has 0 atom stereocenters. The van der Waals surface area contributed by atoms with Crippen LogP contribution in [0.15, 0.2) is 35.0 Å². The van der Waals surface area contributed by atoms with Crippen LogP contribution in [0.25, 0.3) is 22.6 Å². The minimum atomic E-state index is -4.64. The third-order valence-electron chi connectivity index (χ3n) is 5.18. The first-order chi connectivity index (χ1) is 14.3. The molecule has 4 rings (SSSR count). The van der Waals surface area contributed by atoms with Gasteiger partial charge in [-0.2, -0.15) is 18.3 Å². The van der Waals surface area contributed by atoms with Crippen LogP contribution in [-0.2, 0) is 12.7 Å². The van der Waals surface area contributed by atoms with E-state index in [1.54, 1.807) is 0 Å². The second-order valence-electron chi connectivity index (χ2n) is 7.20. The molecule has 1 aliphatic heterocycles. The van der Waals surface area contributed by atoms with Crippen LogP contribution < -0.4 is 0 Å². The maximum Gasteiger partial charge on any atom is 0.433 e. The molecular formula is C20H19ClF4N4O. The second-order valence-corrected chi connectivity index (χ2v) is 7.61. The molecule has 0 bridgehead atoms. The van der Waals surface area contributed by atoms with Crippen molar-refractivity contribution < 1.29 is 22.1 Å². The zero-order valence-electron chi connectivity index (χ0n) is 15.9. The van der Waals surface area contributed by atoms with Gasteiger partial charge in [-0.1, -0.05) is 29.2 Å². The molecule has 1 fully saturated rings. The molecule has 0 N–H and O–H groups in total. The predicted octanol–water partition coefficient (Wildman–Crippen LogP) is 5.50. The Morgan fingerprint density at radius 2 is 1.87 bits per heavy atom. The van der Waals surface area contributed by atoms with Crippen molar-refractivity contribution in [1.82, 2.24) is 19.8 Å². The largest absolute Gasteiger partial charge is 0.433 e. The van der Waals surface area contributed by atoms with Crippen molar-refractivity contribution in [3.63, 3.8) is 0 Å². The van der Waals surface area contributed by atoms with Crippen molar-refractivity contribution in [3.8, 4) is 22.6 Å². The van der Waals surface area contributed by atoms with E-state index in [0.29, 0.717) is 6.54 Å². The summed E-state index contributed by atoms with van der Waals surface area (Å²) in [6.45, 7) is 2.35. The minimum absolute atomic E-state index is 0.0160. The van der Waals surface area contributed by atoms with Gasteiger partial charge >= 0.3 is 6.18 Å². The molecule has 5 nitrogen and oxygen atoms in total. The van der Waals surface area contributed by atoms with Crippen LogP contribution in [0.4, 0.5) is 17.6 Å². The van der Waals surface area contributed by atoms with Gasteiger partial charge in [-0.25, -0.2) is 4.39 Å². The molecule has 1 aliphatic rings. The molecule has 0 aliphatic carbocycles. The highest BCUT2D eigenvalue weighted by Gasteiger charge is 2.39. The molecular weight excluding hydrogens is 424 g/mol. The van der Waals surface area contributed by atoms with Gasteiger partial charge in [0.2, 0.25) is 0 Å². The molecule has 0 radical (unpaired) electrons. The summed E-state index contributed by atoms with van der Waals surface area (Å²) in [6.07, 6.45) is -0.287. The van der Waals surface area contributed by atoms with E-state index in [4.69, 9.17) is 16.1 Å². The van der Waals surface area contributed by atoms with Gasteiger partial charge in [0.15, 0.2) is 11.5 Å². The molecule has 0 unspecified atom stereocenters. The lowest BCUT2D eigenvalue weighted by atomic mass is 10.1. The molecule has 160 valence electrons. The Kier molecular flexibility index (Phi) is 5.84. The van der Waals surface area contributed by atoms with Gasteiger partial charge in [-0.3, -0.25) is 4.68 Å². The third kappa shape index (κ3) is 4.22. The Bertz CT molecular complexity index is 1000. The zero-order chi connectivity index (χ0) is 21.3. The Balaban J connectivity index is 1.64. The van der Waals surface area contributed by atoms with E-state index >= 15 is 0 Å². The van der Waals surface area contributed by atoms with Gasteiger partial charge in [0.05, 0.1) is 28.9 Å². The summed E-state index contributed by atoms with van der Waals surface area (Å²) < 4.78 is 61.7. The second kappa shape index (κ2) is 8.39. The predicted molar refractivity (Wildman–Crippen MR) is 103 cm³/mol. The first-order valence-corrected chi connectivity index (χ1v) is 9.99. The van der Waals surface area contributed by atoms with E-state index in [-0.39, 0.29) is 34.1 Å². The van der Waals surface area contributed by atoms with Crippen LogP contribution in [0.5, 0.6) is 0 Å². The molecule has 10 heteroatoms. The summed E-state index contributed by atoms with van der Waals surface area (Å²) in [7, 11) is 0. The van der Waals surface area contributed by atoms with Crippen LogP contribution in [0.3, 0.4) is 0 Å². The number of alkyl halides is 3. The minimum Gasteiger partial charge on any atom is -0.356 e. The van der Waals surface area contributed by atoms with E-state index in [1.165, 1.54) is 24.3 Å². The number of hydrogen-bond donors (Lipinski definition) is 0. The molecule has 1 aromatic carbocycles. The van der Waals surface area contributed by atoms with Gasteiger partial charge in [0.25, 0.3) is 0 Å². The fourth-order valence-electron chi connectivity index (χ4n) is 3.72. The van der Waals surface area contributed by atoms with Crippen LogP contribution in [0.1, 0.15) is 25.0 Å². The molecule has 3 heterocycles. The van der Waals surface area contributed by atoms with Crippen molar-refractivity contribution in [2.75, 3.05) is 19.6 Å². The van der Waals surface area contributed by atoms with Gasteiger partial charge in [0, 0.05) is 12.6 Å². The number of nitrogens with zero attached hydrogens (tertiary/aromatic N) is 4. The van der Waals surface area contributed by atoms with E-state index in [2.05, 4.69) is 15.2 Å². The summed E-state index contributed by atoms with van der Waals surface area (Å²) in [6, 6.07) is 5.32. The van der Waals surface area contributed by atoms with Crippen LogP contribution >= 0.6 is 11.6 Å². The van der Waals surface area contributed by atoms with Gasteiger partial charge in [0.1, 0.15) is 11.5 Å². The van der Waals surface area contributed by atoms with E-state index in [9.17, 15) is 17.6 Å².